The Bertz CT molecular complexity index is 869. The molecule has 0 amide bonds. The number of fused-ring (bicyclic) bond motifs is 1. The number of aryl methyl sites for hydroxylation is 1. The molecule has 1 fully saturated rings. The largest absolute Gasteiger partial charge is 0.348 e. The van der Waals surface area contributed by atoms with Gasteiger partial charge >= 0.3 is 0 Å². The molecular weight excluding hydrogens is 376 g/mol. The molecule has 140 valence electrons. The van der Waals surface area contributed by atoms with Gasteiger partial charge in [0.05, 0.1) is 18.3 Å². The number of rotatable bonds is 4. The standard InChI is InChI=1S/C21H23ClN4S/c1-14-6-5-11-23-18(14)13-24-21-25-20-16(8-4-10-19(20)27-26-21)12-15-7-2-3-9-17(15)22/h3-6,8-11,16,20H,2,7,12-13H2,1H3,(H2,24,25,26). The van der Waals surface area contributed by atoms with E-state index < -0.39 is 0 Å². The van der Waals surface area contributed by atoms with Gasteiger partial charge < -0.3 is 5.32 Å². The van der Waals surface area contributed by atoms with E-state index in [0.29, 0.717) is 12.5 Å². The second-order valence-electron chi connectivity index (χ2n) is 6.97. The summed E-state index contributed by atoms with van der Waals surface area (Å²) >= 11 is 8.07. The summed E-state index contributed by atoms with van der Waals surface area (Å²) in [6.07, 6.45) is 15.7. The number of nitrogens with zero attached hydrogens (tertiary/aromatic N) is 2. The second kappa shape index (κ2) is 8.36. The number of hydrogen-bond acceptors (Lipinski definition) is 3. The molecule has 0 aromatic carbocycles. The molecule has 2 heterocycles. The van der Waals surface area contributed by atoms with E-state index in [1.165, 1.54) is 10.5 Å². The van der Waals surface area contributed by atoms with Crippen LogP contribution in [0, 0.1) is 12.8 Å². The summed E-state index contributed by atoms with van der Waals surface area (Å²) in [6.45, 7) is 2.63. The van der Waals surface area contributed by atoms with Crippen molar-refractivity contribution in [3.8, 4) is 0 Å². The molecular formula is C21H23ClN4S. The highest BCUT2D eigenvalue weighted by Gasteiger charge is 2.31. The van der Waals surface area contributed by atoms with Gasteiger partial charge in [0.1, 0.15) is 0 Å². The minimum atomic E-state index is 0.229. The Morgan fingerprint density at radius 3 is 3.19 bits per heavy atom. The Morgan fingerprint density at radius 2 is 2.33 bits per heavy atom. The van der Waals surface area contributed by atoms with Crippen molar-refractivity contribution in [3.63, 3.8) is 0 Å². The maximum atomic E-state index is 6.42. The molecule has 4 rings (SSSR count). The second-order valence-corrected chi connectivity index (χ2v) is 8.26. The lowest BCUT2D eigenvalue weighted by Gasteiger charge is -2.35. The van der Waals surface area contributed by atoms with Crippen molar-refractivity contribution in [2.75, 3.05) is 0 Å². The molecule has 4 nitrogen and oxygen atoms in total. The Hall–Kier alpha value is -1.98. The number of halogens is 1. The van der Waals surface area contributed by atoms with Crippen molar-refractivity contribution >= 4 is 29.5 Å². The van der Waals surface area contributed by atoms with Crippen LogP contribution in [0.25, 0.3) is 0 Å². The summed E-state index contributed by atoms with van der Waals surface area (Å²) in [5.74, 6) is 1.19. The van der Waals surface area contributed by atoms with Crippen molar-refractivity contribution in [3.05, 3.63) is 75.5 Å². The lowest BCUT2D eigenvalue weighted by atomic mass is 9.86. The highest BCUT2D eigenvalue weighted by molar-refractivity contribution is 8.01. The predicted octanol–water partition coefficient (Wildman–Crippen LogP) is 4.76. The quantitative estimate of drug-likeness (QED) is 0.718. The average Bonchev–Trinajstić information content (AvgIpc) is 2.69. The Balaban J connectivity index is 1.47. The van der Waals surface area contributed by atoms with E-state index in [1.807, 2.05) is 18.3 Å². The highest BCUT2D eigenvalue weighted by atomic mass is 35.5. The first-order valence-electron chi connectivity index (χ1n) is 9.27. The van der Waals surface area contributed by atoms with Crippen LogP contribution in [0.5, 0.6) is 0 Å². The van der Waals surface area contributed by atoms with Crippen LogP contribution in [-0.2, 0) is 6.54 Å². The van der Waals surface area contributed by atoms with E-state index in [2.05, 4.69) is 52.3 Å². The van der Waals surface area contributed by atoms with E-state index >= 15 is 0 Å². The number of aromatic nitrogens is 1. The molecule has 1 saturated heterocycles. The number of pyridine rings is 1. The van der Waals surface area contributed by atoms with E-state index in [-0.39, 0.29) is 6.04 Å². The summed E-state index contributed by atoms with van der Waals surface area (Å²) in [4.78, 5) is 10.4. The highest BCUT2D eigenvalue weighted by Crippen LogP contribution is 2.36. The SMILES string of the molecule is Cc1cccnc1CN=C1NSC2=CC=CC(CC3=C(Cl)C=CCC3)C2N1. The van der Waals surface area contributed by atoms with E-state index in [1.54, 1.807) is 11.9 Å². The molecule has 2 atom stereocenters. The minimum absolute atomic E-state index is 0.229. The van der Waals surface area contributed by atoms with Gasteiger partial charge in [-0.3, -0.25) is 9.71 Å². The molecule has 2 unspecified atom stereocenters. The van der Waals surface area contributed by atoms with Crippen LogP contribution in [0.3, 0.4) is 0 Å². The Morgan fingerprint density at radius 1 is 1.41 bits per heavy atom. The van der Waals surface area contributed by atoms with Crippen molar-refractivity contribution in [2.24, 2.45) is 10.9 Å². The first kappa shape index (κ1) is 18.4. The van der Waals surface area contributed by atoms with E-state index in [0.717, 1.165) is 41.5 Å². The summed E-state index contributed by atoms with van der Waals surface area (Å²) in [6, 6.07) is 4.25. The molecule has 3 aliphatic rings. The zero-order valence-electron chi connectivity index (χ0n) is 15.3. The zero-order valence-corrected chi connectivity index (χ0v) is 16.9. The fourth-order valence-electron chi connectivity index (χ4n) is 3.55. The van der Waals surface area contributed by atoms with Crippen LogP contribution in [0.15, 0.2) is 69.2 Å². The molecule has 6 heteroatoms. The molecule has 0 spiro atoms. The summed E-state index contributed by atoms with van der Waals surface area (Å²) < 4.78 is 3.32. The number of guanidine groups is 1. The first-order valence-corrected chi connectivity index (χ1v) is 10.5. The third kappa shape index (κ3) is 4.30. The van der Waals surface area contributed by atoms with E-state index in [9.17, 15) is 0 Å². The fraction of sp³-hybridized carbons (Fsp3) is 0.333. The maximum Gasteiger partial charge on any atom is 0.202 e. The molecule has 0 radical (unpaired) electrons. The van der Waals surface area contributed by atoms with Gasteiger partial charge in [-0.2, -0.15) is 0 Å². The molecule has 1 aliphatic heterocycles. The van der Waals surface area contributed by atoms with Gasteiger partial charge in [-0.15, -0.1) is 0 Å². The summed E-state index contributed by atoms with van der Waals surface area (Å²) in [5, 5.41) is 4.50. The molecule has 27 heavy (non-hydrogen) atoms. The van der Waals surface area contributed by atoms with Crippen LogP contribution < -0.4 is 10.0 Å². The average molecular weight is 399 g/mol. The van der Waals surface area contributed by atoms with Gasteiger partial charge in [0.2, 0.25) is 5.96 Å². The Kier molecular flexibility index (Phi) is 5.69. The lowest BCUT2D eigenvalue weighted by Crippen LogP contribution is -2.50. The van der Waals surface area contributed by atoms with Crippen LogP contribution in [0.1, 0.15) is 30.5 Å². The van der Waals surface area contributed by atoms with Crippen LogP contribution in [0.4, 0.5) is 0 Å². The third-order valence-corrected chi connectivity index (χ3v) is 6.43. The first-order chi connectivity index (χ1) is 13.2. The molecule has 1 aromatic rings. The lowest BCUT2D eigenvalue weighted by molar-refractivity contribution is 0.505. The molecule has 1 aromatic heterocycles. The normalized spacial score (nSPS) is 25.7. The molecule has 0 bridgehead atoms. The Labute approximate surface area is 169 Å². The summed E-state index contributed by atoms with van der Waals surface area (Å²) in [5.41, 5.74) is 3.52. The van der Waals surface area contributed by atoms with Crippen LogP contribution in [-0.4, -0.2) is 17.0 Å². The topological polar surface area (TPSA) is 49.3 Å². The number of hydrogen-bond donors (Lipinski definition) is 2. The van der Waals surface area contributed by atoms with Crippen molar-refractivity contribution < 1.29 is 0 Å². The smallest absolute Gasteiger partial charge is 0.202 e. The van der Waals surface area contributed by atoms with Gasteiger partial charge in [0.25, 0.3) is 0 Å². The summed E-state index contributed by atoms with van der Waals surface area (Å²) in [7, 11) is 0. The van der Waals surface area contributed by atoms with Gasteiger partial charge in [-0.25, -0.2) is 4.99 Å². The minimum Gasteiger partial charge on any atom is -0.348 e. The number of allylic oxidation sites excluding steroid dienone is 6. The monoisotopic (exact) mass is 398 g/mol. The van der Waals surface area contributed by atoms with E-state index in [4.69, 9.17) is 16.6 Å². The van der Waals surface area contributed by atoms with Crippen LogP contribution in [0.2, 0.25) is 0 Å². The predicted molar refractivity (Wildman–Crippen MR) is 114 cm³/mol. The number of nitrogens with one attached hydrogen (secondary N) is 2. The van der Waals surface area contributed by atoms with Gasteiger partial charge in [-0.05, 0) is 61.9 Å². The fourth-order valence-corrected chi connectivity index (χ4v) is 4.65. The molecule has 0 saturated carbocycles. The van der Waals surface area contributed by atoms with Crippen molar-refractivity contribution in [1.82, 2.24) is 15.0 Å². The molecule has 2 aliphatic carbocycles. The van der Waals surface area contributed by atoms with Gasteiger partial charge in [0.15, 0.2) is 0 Å². The number of aliphatic imine (C=N–C) groups is 1. The third-order valence-electron chi connectivity index (χ3n) is 5.11. The van der Waals surface area contributed by atoms with Gasteiger partial charge in [-0.1, -0.05) is 41.5 Å². The van der Waals surface area contributed by atoms with Crippen molar-refractivity contribution in [2.45, 2.75) is 38.8 Å². The maximum absolute atomic E-state index is 6.42. The zero-order chi connectivity index (χ0) is 18.6. The van der Waals surface area contributed by atoms with Crippen LogP contribution >= 0.6 is 23.5 Å². The van der Waals surface area contributed by atoms with Crippen molar-refractivity contribution in [1.29, 1.82) is 0 Å². The molecule has 2 N–H and O–H groups in total. The van der Waals surface area contributed by atoms with Gasteiger partial charge in [0, 0.05) is 22.1 Å².